The summed E-state index contributed by atoms with van der Waals surface area (Å²) in [4.78, 5) is 25.5. The zero-order chi connectivity index (χ0) is 29.1. The van der Waals surface area contributed by atoms with Crippen molar-refractivity contribution in [1.29, 1.82) is 10.5 Å². The number of nitrogens with zero attached hydrogens (tertiary/aromatic N) is 2. The van der Waals surface area contributed by atoms with E-state index < -0.39 is 11.8 Å². The zero-order valence-corrected chi connectivity index (χ0v) is 22.3. The predicted octanol–water partition coefficient (Wildman–Crippen LogP) is 4.81. The SMILES string of the molecule is COc1ccc(/C=C(\C#N)C(=O)Nc2ccc(NC(=O)/C(C#N)=C/c3ccc(OC)cc3OC)cc2)c(OC)c1. The Kier molecular flexibility index (Phi) is 9.87. The molecule has 40 heavy (non-hydrogen) atoms. The van der Waals surface area contributed by atoms with Crippen LogP contribution in [0.2, 0.25) is 0 Å². The average molecular weight is 539 g/mol. The van der Waals surface area contributed by atoms with Gasteiger partial charge in [0.25, 0.3) is 11.8 Å². The van der Waals surface area contributed by atoms with Gasteiger partial charge in [0.05, 0.1) is 28.4 Å². The molecule has 0 aliphatic carbocycles. The fourth-order valence-corrected chi connectivity index (χ4v) is 3.52. The minimum atomic E-state index is -0.625. The number of rotatable bonds is 10. The Bertz CT molecular complexity index is 1430. The number of carbonyl (C=O) groups excluding carboxylic acids is 2. The Morgan fingerprint density at radius 1 is 0.625 bits per heavy atom. The van der Waals surface area contributed by atoms with E-state index in [9.17, 15) is 20.1 Å². The van der Waals surface area contributed by atoms with Crippen molar-refractivity contribution >= 4 is 35.3 Å². The summed E-state index contributed by atoms with van der Waals surface area (Å²) in [7, 11) is 6.00. The first-order chi connectivity index (χ1) is 19.3. The molecule has 2 amide bonds. The number of nitrogens with one attached hydrogen (secondary N) is 2. The maximum atomic E-state index is 12.7. The van der Waals surface area contributed by atoms with E-state index in [2.05, 4.69) is 10.6 Å². The van der Waals surface area contributed by atoms with Gasteiger partial charge in [0, 0.05) is 34.6 Å². The van der Waals surface area contributed by atoms with Gasteiger partial charge in [-0.2, -0.15) is 10.5 Å². The van der Waals surface area contributed by atoms with Crippen LogP contribution in [0.1, 0.15) is 11.1 Å². The topological polar surface area (TPSA) is 143 Å². The first kappa shape index (κ1) is 28.8. The van der Waals surface area contributed by atoms with E-state index >= 15 is 0 Å². The van der Waals surface area contributed by atoms with Crippen molar-refractivity contribution in [2.24, 2.45) is 0 Å². The lowest BCUT2D eigenvalue weighted by atomic mass is 10.1. The van der Waals surface area contributed by atoms with Crippen LogP contribution in [0.25, 0.3) is 12.2 Å². The second kappa shape index (κ2) is 13.7. The molecule has 2 N–H and O–H groups in total. The van der Waals surface area contributed by atoms with Crippen molar-refractivity contribution in [2.75, 3.05) is 39.1 Å². The van der Waals surface area contributed by atoms with Crippen molar-refractivity contribution in [3.8, 4) is 35.1 Å². The quantitative estimate of drug-likeness (QED) is 0.277. The summed E-state index contributed by atoms with van der Waals surface area (Å²) in [5.41, 5.74) is 1.57. The number of amides is 2. The largest absolute Gasteiger partial charge is 0.497 e. The molecule has 0 aliphatic heterocycles. The first-order valence-electron chi connectivity index (χ1n) is 11.8. The molecule has 0 saturated heterocycles. The number of nitriles is 2. The number of hydrogen-bond acceptors (Lipinski definition) is 8. The van der Waals surface area contributed by atoms with Crippen molar-refractivity contribution in [2.45, 2.75) is 0 Å². The van der Waals surface area contributed by atoms with Crippen LogP contribution in [-0.2, 0) is 9.59 Å². The standard InChI is InChI=1S/C30H26N4O6/c1-37-25-11-5-19(27(15-25)39-3)13-21(17-31)29(35)33-23-7-9-24(10-8-23)34-30(36)22(18-32)14-20-6-12-26(38-2)16-28(20)40-4/h5-16H,1-4H3,(H,33,35)(H,34,36)/b21-13+,22-14+. The smallest absolute Gasteiger partial charge is 0.266 e. The molecule has 3 aromatic rings. The Labute approximate surface area is 231 Å². The molecule has 10 heteroatoms. The molecule has 0 fully saturated rings. The summed E-state index contributed by atoms with van der Waals surface area (Å²) in [5, 5.41) is 24.4. The van der Waals surface area contributed by atoms with Gasteiger partial charge in [-0.3, -0.25) is 9.59 Å². The predicted molar refractivity (Wildman–Crippen MR) is 150 cm³/mol. The van der Waals surface area contributed by atoms with Crippen LogP contribution in [0.5, 0.6) is 23.0 Å². The molecule has 0 aliphatic rings. The number of methoxy groups -OCH3 is 4. The van der Waals surface area contributed by atoms with Crippen molar-refractivity contribution in [1.82, 2.24) is 0 Å². The Morgan fingerprint density at radius 2 is 1.00 bits per heavy atom. The van der Waals surface area contributed by atoms with Gasteiger partial charge >= 0.3 is 0 Å². The van der Waals surface area contributed by atoms with Crippen LogP contribution in [0.4, 0.5) is 11.4 Å². The van der Waals surface area contributed by atoms with Crippen molar-refractivity contribution in [3.05, 3.63) is 82.9 Å². The van der Waals surface area contributed by atoms with Gasteiger partial charge in [0.2, 0.25) is 0 Å². The molecule has 0 heterocycles. The van der Waals surface area contributed by atoms with Crippen molar-refractivity contribution in [3.63, 3.8) is 0 Å². The molecule has 0 aromatic heterocycles. The van der Waals surface area contributed by atoms with E-state index in [0.717, 1.165) is 0 Å². The van der Waals surface area contributed by atoms with Crippen LogP contribution in [0.3, 0.4) is 0 Å². The van der Waals surface area contributed by atoms with Gasteiger partial charge in [0.15, 0.2) is 0 Å². The van der Waals surface area contributed by atoms with Gasteiger partial charge in [-0.15, -0.1) is 0 Å². The summed E-state index contributed by atoms with van der Waals surface area (Å²) >= 11 is 0. The lowest BCUT2D eigenvalue weighted by Gasteiger charge is -2.10. The third-order valence-corrected chi connectivity index (χ3v) is 5.61. The lowest BCUT2D eigenvalue weighted by Crippen LogP contribution is -2.15. The highest BCUT2D eigenvalue weighted by molar-refractivity contribution is 6.11. The van der Waals surface area contributed by atoms with Gasteiger partial charge in [-0.1, -0.05) is 0 Å². The summed E-state index contributed by atoms with van der Waals surface area (Å²) in [6.07, 6.45) is 2.82. The summed E-state index contributed by atoms with van der Waals surface area (Å²) in [5.74, 6) is 0.775. The molecule has 0 radical (unpaired) electrons. The van der Waals surface area contributed by atoms with Crippen LogP contribution in [0, 0.1) is 22.7 Å². The maximum absolute atomic E-state index is 12.7. The minimum absolute atomic E-state index is 0.140. The monoisotopic (exact) mass is 538 g/mol. The highest BCUT2D eigenvalue weighted by Crippen LogP contribution is 2.28. The first-order valence-corrected chi connectivity index (χ1v) is 11.8. The molecule has 0 spiro atoms. The Hall–Kier alpha value is -5.74. The van der Waals surface area contributed by atoms with Crippen LogP contribution >= 0.6 is 0 Å². The lowest BCUT2D eigenvalue weighted by molar-refractivity contribution is -0.113. The zero-order valence-electron chi connectivity index (χ0n) is 22.3. The van der Waals surface area contributed by atoms with Crippen molar-refractivity contribution < 1.29 is 28.5 Å². The van der Waals surface area contributed by atoms with Gasteiger partial charge in [0.1, 0.15) is 46.3 Å². The van der Waals surface area contributed by atoms with E-state index in [1.807, 2.05) is 12.1 Å². The molecule has 3 aromatic carbocycles. The molecule has 0 saturated carbocycles. The summed E-state index contributed by atoms with van der Waals surface area (Å²) in [6.45, 7) is 0. The summed E-state index contributed by atoms with van der Waals surface area (Å²) < 4.78 is 21.0. The third-order valence-electron chi connectivity index (χ3n) is 5.61. The number of hydrogen-bond donors (Lipinski definition) is 2. The number of anilines is 2. The van der Waals surface area contributed by atoms with Crippen LogP contribution in [-0.4, -0.2) is 40.3 Å². The molecule has 202 valence electrons. The molecule has 3 rings (SSSR count). The molecule has 10 nitrogen and oxygen atoms in total. The fraction of sp³-hybridized carbons (Fsp3) is 0.133. The molecule has 0 unspecified atom stereocenters. The van der Waals surface area contributed by atoms with E-state index in [1.54, 1.807) is 60.7 Å². The number of benzene rings is 3. The Balaban J connectivity index is 1.72. The van der Waals surface area contributed by atoms with Gasteiger partial charge < -0.3 is 29.6 Å². The average Bonchev–Trinajstić information content (AvgIpc) is 2.99. The van der Waals surface area contributed by atoms with E-state index in [-0.39, 0.29) is 11.1 Å². The Morgan fingerprint density at radius 3 is 1.30 bits per heavy atom. The van der Waals surface area contributed by atoms with Crippen LogP contribution < -0.4 is 29.6 Å². The second-order valence-corrected chi connectivity index (χ2v) is 8.04. The van der Waals surface area contributed by atoms with E-state index in [0.29, 0.717) is 45.5 Å². The highest BCUT2D eigenvalue weighted by atomic mass is 16.5. The number of carbonyl (C=O) groups is 2. The molecule has 0 bridgehead atoms. The highest BCUT2D eigenvalue weighted by Gasteiger charge is 2.14. The van der Waals surface area contributed by atoms with Gasteiger partial charge in [-0.05, 0) is 60.7 Å². The normalized spacial score (nSPS) is 10.9. The van der Waals surface area contributed by atoms with E-state index in [1.165, 1.54) is 40.6 Å². The van der Waals surface area contributed by atoms with E-state index in [4.69, 9.17) is 18.9 Å². The molecular formula is C30H26N4O6. The summed E-state index contributed by atoms with van der Waals surface area (Å²) in [6, 6.07) is 20.0. The third kappa shape index (κ3) is 7.18. The minimum Gasteiger partial charge on any atom is -0.497 e. The van der Waals surface area contributed by atoms with Gasteiger partial charge in [-0.25, -0.2) is 0 Å². The fourth-order valence-electron chi connectivity index (χ4n) is 3.52. The number of ether oxygens (including phenoxy) is 4. The second-order valence-electron chi connectivity index (χ2n) is 8.04. The molecule has 0 atom stereocenters. The maximum Gasteiger partial charge on any atom is 0.266 e. The van der Waals surface area contributed by atoms with Crippen LogP contribution in [0.15, 0.2) is 71.8 Å². The molecular weight excluding hydrogens is 512 g/mol.